The Balaban J connectivity index is 1.28. The number of carbonyl (C=O) groups excluding carboxylic acids is 1. The van der Waals surface area contributed by atoms with Gasteiger partial charge in [0.15, 0.2) is 18.2 Å². The van der Waals surface area contributed by atoms with E-state index in [1.807, 2.05) is 12.1 Å². The summed E-state index contributed by atoms with van der Waals surface area (Å²) in [5.74, 6) is 0.561. The summed E-state index contributed by atoms with van der Waals surface area (Å²) in [7, 11) is 1.56. The lowest BCUT2D eigenvalue weighted by atomic mass is 10.2. The summed E-state index contributed by atoms with van der Waals surface area (Å²) < 4.78 is 26.4. The highest BCUT2D eigenvalue weighted by Gasteiger charge is 2.10. The van der Waals surface area contributed by atoms with E-state index in [2.05, 4.69) is 36.1 Å². The number of H-pyrrole nitrogens is 1. The highest BCUT2D eigenvalue weighted by atomic mass is 32.2. The van der Waals surface area contributed by atoms with Crippen LogP contribution in [0.3, 0.4) is 0 Å². The van der Waals surface area contributed by atoms with E-state index in [4.69, 9.17) is 9.47 Å². The molecule has 0 fully saturated rings. The van der Waals surface area contributed by atoms with E-state index in [1.165, 1.54) is 12.1 Å². The number of rotatable bonds is 11. The molecule has 13 heteroatoms. The SMILES string of the molecule is COc1ccc(/C=N\Nc2nc(SCC(=O)Nc3ccccc3F)n[nH]2)cc1OCn1cccn1. The number of hydrogen-bond acceptors (Lipinski definition) is 9. The maximum Gasteiger partial charge on any atom is 0.240 e. The van der Waals surface area contributed by atoms with Crippen LogP contribution in [0.1, 0.15) is 5.56 Å². The predicted octanol–water partition coefficient (Wildman–Crippen LogP) is 3.36. The molecule has 11 nitrogen and oxygen atoms in total. The first kappa shape index (κ1) is 23.8. The van der Waals surface area contributed by atoms with Crippen molar-refractivity contribution in [1.82, 2.24) is 25.0 Å². The van der Waals surface area contributed by atoms with Gasteiger partial charge in [-0.05, 0) is 42.0 Å². The van der Waals surface area contributed by atoms with E-state index in [0.717, 1.165) is 17.3 Å². The second-order valence-corrected chi connectivity index (χ2v) is 7.83. The molecule has 0 aliphatic carbocycles. The zero-order chi connectivity index (χ0) is 24.5. The number of nitrogens with one attached hydrogen (secondary N) is 3. The van der Waals surface area contributed by atoms with Crippen molar-refractivity contribution < 1.29 is 18.7 Å². The van der Waals surface area contributed by atoms with Gasteiger partial charge in [-0.25, -0.2) is 19.6 Å². The molecule has 2 heterocycles. The van der Waals surface area contributed by atoms with E-state index in [9.17, 15) is 9.18 Å². The Kier molecular flexibility index (Phi) is 7.91. The minimum absolute atomic E-state index is 0.0159. The summed E-state index contributed by atoms with van der Waals surface area (Å²) in [5.41, 5.74) is 3.62. The molecule has 35 heavy (non-hydrogen) atoms. The number of benzene rings is 2. The van der Waals surface area contributed by atoms with Crippen molar-refractivity contribution in [2.24, 2.45) is 5.10 Å². The normalized spacial score (nSPS) is 10.9. The Bertz CT molecular complexity index is 1300. The molecule has 0 bridgehead atoms. The van der Waals surface area contributed by atoms with Crippen molar-refractivity contribution >= 4 is 35.5 Å². The summed E-state index contributed by atoms with van der Waals surface area (Å²) in [4.78, 5) is 16.2. The third kappa shape index (κ3) is 6.80. The third-order valence-corrected chi connectivity index (χ3v) is 5.28. The molecule has 0 unspecified atom stereocenters. The van der Waals surface area contributed by atoms with Crippen molar-refractivity contribution in [2.45, 2.75) is 11.9 Å². The molecule has 0 radical (unpaired) electrons. The van der Waals surface area contributed by atoms with E-state index >= 15 is 0 Å². The van der Waals surface area contributed by atoms with Gasteiger partial charge in [-0.15, -0.1) is 5.10 Å². The number of thioether (sulfide) groups is 1. The first-order valence-electron chi connectivity index (χ1n) is 10.3. The molecule has 180 valence electrons. The van der Waals surface area contributed by atoms with Crippen LogP contribution < -0.4 is 20.2 Å². The Labute approximate surface area is 203 Å². The molecule has 0 saturated heterocycles. The number of anilines is 2. The van der Waals surface area contributed by atoms with Gasteiger partial charge in [-0.2, -0.15) is 15.2 Å². The number of para-hydroxylation sites is 1. The summed E-state index contributed by atoms with van der Waals surface area (Å²) in [6, 6.07) is 13.1. The van der Waals surface area contributed by atoms with Crippen molar-refractivity contribution in [1.29, 1.82) is 0 Å². The number of ether oxygens (including phenoxy) is 2. The largest absolute Gasteiger partial charge is 0.493 e. The molecule has 0 atom stereocenters. The Morgan fingerprint density at radius 1 is 1.26 bits per heavy atom. The summed E-state index contributed by atoms with van der Waals surface area (Å²) in [6.07, 6.45) is 5.04. The summed E-state index contributed by atoms with van der Waals surface area (Å²) in [6.45, 7) is 0.235. The number of hydrazone groups is 1. The molecule has 2 aromatic carbocycles. The zero-order valence-electron chi connectivity index (χ0n) is 18.5. The summed E-state index contributed by atoms with van der Waals surface area (Å²) in [5, 5.41) is 17.8. The minimum atomic E-state index is -0.499. The molecular weight excluding hydrogens is 475 g/mol. The van der Waals surface area contributed by atoms with Crippen LogP contribution in [0.15, 0.2) is 71.2 Å². The standard InChI is InChI=1S/C22H21FN8O3S/c1-33-18-8-7-15(11-19(18)34-14-31-10-4-9-25-31)12-24-28-21-27-22(30-29-21)35-13-20(32)26-17-6-3-2-5-16(17)23/h2-12H,13-14H2,1H3,(H,26,32)(H2,27,28,29,30)/b24-12-. The number of aromatic amines is 1. The zero-order valence-corrected chi connectivity index (χ0v) is 19.3. The van der Waals surface area contributed by atoms with Gasteiger partial charge in [0.1, 0.15) is 5.82 Å². The second kappa shape index (κ2) is 11.7. The number of nitrogens with zero attached hydrogens (tertiary/aromatic N) is 5. The number of hydrogen-bond donors (Lipinski definition) is 3. The minimum Gasteiger partial charge on any atom is -0.493 e. The van der Waals surface area contributed by atoms with Gasteiger partial charge >= 0.3 is 0 Å². The van der Waals surface area contributed by atoms with Gasteiger partial charge < -0.3 is 14.8 Å². The molecule has 0 aliphatic rings. The lowest BCUT2D eigenvalue weighted by Gasteiger charge is -2.11. The lowest BCUT2D eigenvalue weighted by molar-refractivity contribution is -0.113. The Morgan fingerprint density at radius 3 is 2.94 bits per heavy atom. The topological polar surface area (TPSA) is 131 Å². The average Bonchev–Trinajstić information content (AvgIpc) is 3.55. The fraction of sp³-hybridized carbons (Fsp3) is 0.136. The van der Waals surface area contributed by atoms with Crippen LogP contribution in [0, 0.1) is 5.82 Å². The maximum atomic E-state index is 13.6. The lowest BCUT2D eigenvalue weighted by Crippen LogP contribution is -2.15. The molecular formula is C22H21FN8O3S. The van der Waals surface area contributed by atoms with Crippen LogP contribution in [0.5, 0.6) is 11.5 Å². The fourth-order valence-corrected chi connectivity index (χ4v) is 3.41. The quantitative estimate of drug-likeness (QED) is 0.164. The van der Waals surface area contributed by atoms with Crippen molar-refractivity contribution in [3.05, 3.63) is 72.3 Å². The number of amides is 1. The molecule has 2 aromatic heterocycles. The maximum absolute atomic E-state index is 13.6. The summed E-state index contributed by atoms with van der Waals surface area (Å²) >= 11 is 1.10. The van der Waals surface area contributed by atoms with Crippen LogP contribution in [-0.4, -0.2) is 49.9 Å². The smallest absolute Gasteiger partial charge is 0.240 e. The highest BCUT2D eigenvalue weighted by Crippen LogP contribution is 2.28. The van der Waals surface area contributed by atoms with Crippen LogP contribution in [0.25, 0.3) is 0 Å². The Hall–Kier alpha value is -4.39. The van der Waals surface area contributed by atoms with Crippen LogP contribution in [0.2, 0.25) is 0 Å². The van der Waals surface area contributed by atoms with Crippen LogP contribution in [-0.2, 0) is 11.5 Å². The molecule has 0 spiro atoms. The molecule has 0 saturated carbocycles. The third-order valence-electron chi connectivity index (χ3n) is 4.43. The van der Waals surface area contributed by atoms with Gasteiger partial charge in [0.2, 0.25) is 17.0 Å². The number of carbonyl (C=O) groups is 1. The second-order valence-electron chi connectivity index (χ2n) is 6.88. The van der Waals surface area contributed by atoms with E-state index in [-0.39, 0.29) is 24.1 Å². The van der Waals surface area contributed by atoms with Gasteiger partial charge in [-0.1, -0.05) is 23.9 Å². The van der Waals surface area contributed by atoms with Crippen LogP contribution in [0.4, 0.5) is 16.0 Å². The van der Waals surface area contributed by atoms with Crippen molar-refractivity contribution in [3.63, 3.8) is 0 Å². The van der Waals surface area contributed by atoms with E-state index in [1.54, 1.807) is 54.7 Å². The first-order chi connectivity index (χ1) is 17.1. The number of aromatic nitrogens is 5. The molecule has 0 aliphatic heterocycles. The predicted molar refractivity (Wildman–Crippen MR) is 129 cm³/mol. The van der Waals surface area contributed by atoms with Gasteiger partial charge in [0.05, 0.1) is 24.8 Å². The molecule has 4 rings (SSSR count). The average molecular weight is 497 g/mol. The van der Waals surface area contributed by atoms with Gasteiger partial charge in [0.25, 0.3) is 0 Å². The highest BCUT2D eigenvalue weighted by molar-refractivity contribution is 7.99. The number of methoxy groups -OCH3 is 1. The van der Waals surface area contributed by atoms with Crippen molar-refractivity contribution in [2.75, 3.05) is 23.6 Å². The number of halogens is 1. The first-order valence-corrected chi connectivity index (χ1v) is 11.3. The Morgan fingerprint density at radius 2 is 2.14 bits per heavy atom. The van der Waals surface area contributed by atoms with E-state index < -0.39 is 5.82 Å². The van der Waals surface area contributed by atoms with Crippen molar-refractivity contribution in [3.8, 4) is 11.5 Å². The molecule has 3 N–H and O–H groups in total. The van der Waals surface area contributed by atoms with E-state index in [0.29, 0.717) is 22.6 Å². The van der Waals surface area contributed by atoms with Crippen LogP contribution >= 0.6 is 11.8 Å². The fourth-order valence-electron chi connectivity index (χ4n) is 2.81. The van der Waals surface area contributed by atoms with Gasteiger partial charge in [0, 0.05) is 12.4 Å². The monoisotopic (exact) mass is 496 g/mol. The molecule has 1 amide bonds. The molecule has 4 aromatic rings. The van der Waals surface area contributed by atoms with Gasteiger partial charge in [-0.3, -0.25) is 4.79 Å².